The van der Waals surface area contributed by atoms with Gasteiger partial charge in [0.15, 0.2) is 0 Å². The lowest BCUT2D eigenvalue weighted by Gasteiger charge is -2.34. The number of piperidine rings is 1. The van der Waals surface area contributed by atoms with Crippen molar-refractivity contribution in [1.29, 1.82) is 0 Å². The summed E-state index contributed by atoms with van der Waals surface area (Å²) in [7, 11) is 0. The van der Waals surface area contributed by atoms with Crippen molar-refractivity contribution >= 4 is 0 Å². The van der Waals surface area contributed by atoms with E-state index in [0.717, 1.165) is 25.9 Å². The Balaban J connectivity index is 1.82. The predicted octanol–water partition coefficient (Wildman–Crippen LogP) is 2.93. The fourth-order valence-corrected chi connectivity index (χ4v) is 2.30. The van der Waals surface area contributed by atoms with E-state index in [4.69, 9.17) is 4.74 Å². The molecule has 0 aliphatic carbocycles. The topological polar surface area (TPSA) is 34.6 Å². The SMILES string of the molecule is CC(C)N1CCC(Oc2ccc(OC(F)F)nc2)CC1. The first-order valence-electron chi connectivity index (χ1n) is 6.86. The molecule has 0 N–H and O–H groups in total. The van der Waals surface area contributed by atoms with Crippen molar-refractivity contribution in [2.75, 3.05) is 13.1 Å². The van der Waals surface area contributed by atoms with E-state index in [1.165, 1.54) is 12.3 Å². The third kappa shape index (κ3) is 4.30. The summed E-state index contributed by atoms with van der Waals surface area (Å²) >= 11 is 0. The fourth-order valence-electron chi connectivity index (χ4n) is 2.30. The van der Waals surface area contributed by atoms with E-state index in [2.05, 4.69) is 28.5 Å². The molecule has 1 aromatic rings. The molecule has 0 saturated carbocycles. The van der Waals surface area contributed by atoms with Crippen LogP contribution >= 0.6 is 0 Å². The molecule has 0 aromatic carbocycles. The van der Waals surface area contributed by atoms with Gasteiger partial charge in [0.1, 0.15) is 11.9 Å². The highest BCUT2D eigenvalue weighted by atomic mass is 19.3. The smallest absolute Gasteiger partial charge is 0.388 e. The molecule has 112 valence electrons. The summed E-state index contributed by atoms with van der Waals surface area (Å²) in [6, 6.07) is 3.56. The molecule has 20 heavy (non-hydrogen) atoms. The summed E-state index contributed by atoms with van der Waals surface area (Å²) in [4.78, 5) is 6.20. The van der Waals surface area contributed by atoms with Gasteiger partial charge in [-0.05, 0) is 32.8 Å². The zero-order valence-corrected chi connectivity index (χ0v) is 11.8. The van der Waals surface area contributed by atoms with Crippen molar-refractivity contribution in [3.05, 3.63) is 18.3 Å². The van der Waals surface area contributed by atoms with Crippen molar-refractivity contribution in [2.24, 2.45) is 0 Å². The Morgan fingerprint density at radius 1 is 1.25 bits per heavy atom. The predicted molar refractivity (Wildman–Crippen MR) is 71.2 cm³/mol. The Bertz CT molecular complexity index is 404. The molecule has 0 radical (unpaired) electrons. The Morgan fingerprint density at radius 3 is 2.45 bits per heavy atom. The summed E-state index contributed by atoms with van der Waals surface area (Å²) in [6.45, 7) is 3.55. The quantitative estimate of drug-likeness (QED) is 0.833. The maximum absolute atomic E-state index is 12.0. The van der Waals surface area contributed by atoms with E-state index in [0.29, 0.717) is 11.8 Å². The first kappa shape index (κ1) is 15.0. The van der Waals surface area contributed by atoms with Crippen LogP contribution in [0, 0.1) is 0 Å². The molecule has 2 heterocycles. The number of rotatable bonds is 5. The molecule has 1 fully saturated rings. The molecule has 1 aliphatic rings. The summed E-state index contributed by atoms with van der Waals surface area (Å²) in [6.07, 6.45) is 3.52. The van der Waals surface area contributed by atoms with Gasteiger partial charge >= 0.3 is 6.61 Å². The molecule has 2 rings (SSSR count). The molecule has 6 heteroatoms. The third-order valence-electron chi connectivity index (χ3n) is 3.43. The van der Waals surface area contributed by atoms with E-state index >= 15 is 0 Å². The normalized spacial score (nSPS) is 17.7. The fraction of sp³-hybridized carbons (Fsp3) is 0.643. The first-order chi connectivity index (χ1) is 9.54. The van der Waals surface area contributed by atoms with Crippen LogP contribution in [0.25, 0.3) is 0 Å². The summed E-state index contributed by atoms with van der Waals surface area (Å²) in [5.41, 5.74) is 0. The van der Waals surface area contributed by atoms with Crippen LogP contribution in [-0.4, -0.2) is 41.7 Å². The number of pyridine rings is 1. The number of hydrogen-bond donors (Lipinski definition) is 0. The second-order valence-corrected chi connectivity index (χ2v) is 5.16. The van der Waals surface area contributed by atoms with E-state index in [-0.39, 0.29) is 12.0 Å². The molecule has 0 atom stereocenters. The summed E-state index contributed by atoms with van der Waals surface area (Å²) < 4.78 is 34.0. The molecule has 1 saturated heterocycles. The van der Waals surface area contributed by atoms with Crippen LogP contribution in [0.1, 0.15) is 26.7 Å². The molecule has 0 amide bonds. The number of nitrogens with zero attached hydrogens (tertiary/aromatic N) is 2. The zero-order valence-electron chi connectivity index (χ0n) is 11.8. The second-order valence-electron chi connectivity index (χ2n) is 5.16. The van der Waals surface area contributed by atoms with Crippen LogP contribution in [0.4, 0.5) is 8.78 Å². The van der Waals surface area contributed by atoms with Gasteiger partial charge in [0, 0.05) is 25.2 Å². The monoisotopic (exact) mass is 286 g/mol. The van der Waals surface area contributed by atoms with Crippen molar-refractivity contribution < 1.29 is 18.3 Å². The lowest BCUT2D eigenvalue weighted by Crippen LogP contribution is -2.41. The third-order valence-corrected chi connectivity index (χ3v) is 3.43. The zero-order chi connectivity index (χ0) is 14.5. The van der Waals surface area contributed by atoms with Gasteiger partial charge in [-0.1, -0.05) is 0 Å². The molecule has 1 aliphatic heterocycles. The number of likely N-dealkylation sites (tertiary alicyclic amines) is 1. The number of alkyl halides is 2. The van der Waals surface area contributed by atoms with Crippen LogP contribution in [0.2, 0.25) is 0 Å². The summed E-state index contributed by atoms with van der Waals surface area (Å²) in [5.74, 6) is 0.497. The van der Waals surface area contributed by atoms with E-state index in [1.807, 2.05) is 0 Å². The van der Waals surface area contributed by atoms with E-state index in [1.54, 1.807) is 6.07 Å². The average Bonchev–Trinajstić information content (AvgIpc) is 2.41. The minimum absolute atomic E-state index is 0.0954. The van der Waals surface area contributed by atoms with Gasteiger partial charge < -0.3 is 14.4 Å². The lowest BCUT2D eigenvalue weighted by molar-refractivity contribution is -0.0529. The van der Waals surface area contributed by atoms with Crippen LogP contribution in [0.15, 0.2) is 18.3 Å². The minimum atomic E-state index is -2.85. The van der Waals surface area contributed by atoms with Crippen molar-refractivity contribution in [3.8, 4) is 11.6 Å². The second kappa shape index (κ2) is 6.83. The van der Waals surface area contributed by atoms with Crippen LogP contribution in [0.5, 0.6) is 11.6 Å². The van der Waals surface area contributed by atoms with Crippen LogP contribution in [0.3, 0.4) is 0 Å². The van der Waals surface area contributed by atoms with Crippen LogP contribution in [-0.2, 0) is 0 Å². The molecule has 1 aromatic heterocycles. The van der Waals surface area contributed by atoms with Gasteiger partial charge in [-0.15, -0.1) is 0 Å². The number of halogens is 2. The molecular formula is C14H20F2N2O2. The molecule has 0 unspecified atom stereocenters. The number of hydrogen-bond acceptors (Lipinski definition) is 4. The Labute approximate surface area is 117 Å². The Morgan fingerprint density at radius 2 is 1.95 bits per heavy atom. The standard InChI is InChI=1S/C14H20F2N2O2/c1-10(2)18-7-5-11(6-8-18)19-12-3-4-13(17-9-12)20-14(15)16/h3-4,9-11,14H,5-8H2,1-2H3. The number of ether oxygens (including phenoxy) is 2. The highest BCUT2D eigenvalue weighted by Crippen LogP contribution is 2.21. The molecule has 4 nitrogen and oxygen atoms in total. The van der Waals surface area contributed by atoms with Gasteiger partial charge in [-0.3, -0.25) is 0 Å². The lowest BCUT2D eigenvalue weighted by atomic mass is 10.1. The molecule has 0 bridgehead atoms. The maximum atomic E-state index is 12.0. The van der Waals surface area contributed by atoms with Gasteiger partial charge in [-0.25, -0.2) is 4.98 Å². The average molecular weight is 286 g/mol. The van der Waals surface area contributed by atoms with Gasteiger partial charge in [0.2, 0.25) is 5.88 Å². The van der Waals surface area contributed by atoms with E-state index < -0.39 is 6.61 Å². The Hall–Kier alpha value is -1.43. The molecule has 0 spiro atoms. The van der Waals surface area contributed by atoms with Gasteiger partial charge in [0.25, 0.3) is 0 Å². The van der Waals surface area contributed by atoms with Gasteiger partial charge in [0.05, 0.1) is 6.20 Å². The molecular weight excluding hydrogens is 266 g/mol. The van der Waals surface area contributed by atoms with Crippen LogP contribution < -0.4 is 9.47 Å². The van der Waals surface area contributed by atoms with Gasteiger partial charge in [-0.2, -0.15) is 8.78 Å². The minimum Gasteiger partial charge on any atom is -0.489 e. The Kier molecular flexibility index (Phi) is 5.11. The number of aromatic nitrogens is 1. The van der Waals surface area contributed by atoms with Crippen molar-refractivity contribution in [3.63, 3.8) is 0 Å². The van der Waals surface area contributed by atoms with Crippen molar-refractivity contribution in [2.45, 2.75) is 45.4 Å². The largest absolute Gasteiger partial charge is 0.489 e. The van der Waals surface area contributed by atoms with E-state index in [9.17, 15) is 8.78 Å². The first-order valence-corrected chi connectivity index (χ1v) is 6.86. The summed E-state index contributed by atoms with van der Waals surface area (Å²) in [5, 5.41) is 0. The van der Waals surface area contributed by atoms with Crippen molar-refractivity contribution in [1.82, 2.24) is 9.88 Å². The highest BCUT2D eigenvalue weighted by molar-refractivity contribution is 5.23. The maximum Gasteiger partial charge on any atom is 0.388 e. The highest BCUT2D eigenvalue weighted by Gasteiger charge is 2.22.